The Morgan fingerprint density at radius 3 is 2.74 bits per heavy atom. The molecule has 0 aliphatic rings. The standard InChI is InChI=1S/C14H21NO4/c1-10(16)14(2,3)15-7-8-19-12-6-4-5-11(9-12)13(17)18/h4-6,9-10,15-16H,7-8H2,1-3H3,(H,17,18). The highest BCUT2D eigenvalue weighted by Gasteiger charge is 2.22. The highest BCUT2D eigenvalue weighted by atomic mass is 16.5. The van der Waals surface area contributed by atoms with Crippen molar-refractivity contribution in [3.8, 4) is 5.75 Å². The minimum absolute atomic E-state index is 0.203. The number of nitrogens with one attached hydrogen (secondary N) is 1. The van der Waals surface area contributed by atoms with E-state index in [0.29, 0.717) is 18.9 Å². The zero-order valence-electron chi connectivity index (χ0n) is 11.5. The molecule has 5 heteroatoms. The van der Waals surface area contributed by atoms with E-state index in [1.165, 1.54) is 12.1 Å². The Morgan fingerprint density at radius 1 is 1.47 bits per heavy atom. The van der Waals surface area contributed by atoms with Gasteiger partial charge in [-0.3, -0.25) is 0 Å². The fourth-order valence-corrected chi connectivity index (χ4v) is 1.41. The first kappa shape index (κ1) is 15.5. The number of ether oxygens (including phenoxy) is 1. The van der Waals surface area contributed by atoms with Gasteiger partial charge < -0.3 is 20.3 Å². The van der Waals surface area contributed by atoms with E-state index < -0.39 is 12.1 Å². The molecule has 106 valence electrons. The van der Waals surface area contributed by atoms with Gasteiger partial charge >= 0.3 is 5.97 Å². The Morgan fingerprint density at radius 2 is 2.16 bits per heavy atom. The first-order valence-electron chi connectivity index (χ1n) is 6.22. The number of carboxylic acid groups (broad SMARTS) is 1. The van der Waals surface area contributed by atoms with Gasteiger partial charge in [-0.25, -0.2) is 4.79 Å². The summed E-state index contributed by atoms with van der Waals surface area (Å²) in [5, 5.41) is 21.6. The van der Waals surface area contributed by atoms with E-state index in [0.717, 1.165) is 0 Å². The predicted octanol–water partition coefficient (Wildman–Crippen LogP) is 1.51. The molecule has 1 rings (SSSR count). The van der Waals surface area contributed by atoms with Gasteiger partial charge in [-0.2, -0.15) is 0 Å². The number of hydrogen-bond donors (Lipinski definition) is 3. The molecule has 0 heterocycles. The van der Waals surface area contributed by atoms with Crippen molar-refractivity contribution in [1.29, 1.82) is 0 Å². The lowest BCUT2D eigenvalue weighted by atomic mass is 9.99. The van der Waals surface area contributed by atoms with Gasteiger partial charge in [0.05, 0.1) is 11.7 Å². The van der Waals surface area contributed by atoms with Gasteiger partial charge in [0.2, 0.25) is 0 Å². The molecule has 19 heavy (non-hydrogen) atoms. The number of hydrogen-bond acceptors (Lipinski definition) is 4. The summed E-state index contributed by atoms with van der Waals surface area (Å²) in [5.74, 6) is -0.449. The van der Waals surface area contributed by atoms with Crippen LogP contribution in [-0.2, 0) is 0 Å². The highest BCUT2D eigenvalue weighted by molar-refractivity contribution is 5.87. The zero-order valence-corrected chi connectivity index (χ0v) is 11.5. The smallest absolute Gasteiger partial charge is 0.335 e. The topological polar surface area (TPSA) is 78.8 Å². The van der Waals surface area contributed by atoms with Crippen molar-refractivity contribution in [1.82, 2.24) is 5.32 Å². The van der Waals surface area contributed by atoms with Crippen LogP contribution in [0, 0.1) is 0 Å². The minimum Gasteiger partial charge on any atom is -0.492 e. The molecule has 0 saturated heterocycles. The third kappa shape index (κ3) is 4.89. The van der Waals surface area contributed by atoms with Gasteiger partial charge in [0.25, 0.3) is 0 Å². The number of benzene rings is 1. The van der Waals surface area contributed by atoms with Gasteiger partial charge in [0.15, 0.2) is 0 Å². The van der Waals surface area contributed by atoms with Crippen LogP contribution in [0.5, 0.6) is 5.75 Å². The fourth-order valence-electron chi connectivity index (χ4n) is 1.41. The first-order chi connectivity index (χ1) is 8.83. The largest absolute Gasteiger partial charge is 0.492 e. The number of rotatable bonds is 7. The van der Waals surface area contributed by atoms with Crippen molar-refractivity contribution in [2.24, 2.45) is 0 Å². The monoisotopic (exact) mass is 267 g/mol. The number of aliphatic hydroxyl groups excluding tert-OH is 1. The summed E-state index contributed by atoms with van der Waals surface area (Å²) < 4.78 is 5.46. The summed E-state index contributed by atoms with van der Waals surface area (Å²) in [6, 6.07) is 6.37. The second-order valence-electron chi connectivity index (χ2n) is 5.01. The molecule has 0 bridgehead atoms. The van der Waals surface area contributed by atoms with Crippen molar-refractivity contribution in [3.63, 3.8) is 0 Å². The number of carboxylic acids is 1. The van der Waals surface area contributed by atoms with E-state index >= 15 is 0 Å². The number of aliphatic hydroxyl groups is 1. The second kappa shape index (κ2) is 6.54. The maximum absolute atomic E-state index is 10.8. The van der Waals surface area contributed by atoms with Crippen LogP contribution < -0.4 is 10.1 Å². The van der Waals surface area contributed by atoms with Gasteiger partial charge in [-0.15, -0.1) is 0 Å². The molecule has 3 N–H and O–H groups in total. The lowest BCUT2D eigenvalue weighted by Gasteiger charge is -2.29. The normalized spacial score (nSPS) is 13.1. The van der Waals surface area contributed by atoms with Crippen LogP contribution in [0.2, 0.25) is 0 Å². The minimum atomic E-state index is -0.973. The summed E-state index contributed by atoms with van der Waals surface area (Å²) >= 11 is 0. The molecule has 1 aromatic rings. The molecule has 1 aromatic carbocycles. The number of aromatic carboxylic acids is 1. The van der Waals surface area contributed by atoms with E-state index in [4.69, 9.17) is 9.84 Å². The third-order valence-corrected chi connectivity index (χ3v) is 3.08. The molecular weight excluding hydrogens is 246 g/mol. The highest BCUT2D eigenvalue weighted by Crippen LogP contribution is 2.13. The van der Waals surface area contributed by atoms with Crippen LogP contribution in [0.15, 0.2) is 24.3 Å². The quantitative estimate of drug-likeness (QED) is 0.653. The Labute approximate surface area is 113 Å². The molecule has 0 spiro atoms. The van der Waals surface area contributed by atoms with Crippen LogP contribution in [0.25, 0.3) is 0 Å². The molecular formula is C14H21NO4. The van der Waals surface area contributed by atoms with Crippen LogP contribution >= 0.6 is 0 Å². The van der Waals surface area contributed by atoms with Gasteiger partial charge in [-0.05, 0) is 39.0 Å². The molecule has 0 aliphatic carbocycles. The summed E-state index contributed by atoms with van der Waals surface area (Å²) in [6.45, 7) is 6.50. The van der Waals surface area contributed by atoms with E-state index in [9.17, 15) is 9.90 Å². The van der Waals surface area contributed by atoms with Gasteiger partial charge in [0.1, 0.15) is 12.4 Å². The molecule has 0 fully saturated rings. The first-order valence-corrected chi connectivity index (χ1v) is 6.22. The Bertz CT molecular complexity index is 429. The molecule has 0 aromatic heterocycles. The molecule has 1 unspecified atom stereocenters. The van der Waals surface area contributed by atoms with Crippen molar-refractivity contribution in [2.45, 2.75) is 32.4 Å². The summed E-state index contributed by atoms with van der Waals surface area (Å²) in [4.78, 5) is 10.8. The Kier molecular flexibility index (Phi) is 5.32. The lowest BCUT2D eigenvalue weighted by Crippen LogP contribution is -2.49. The van der Waals surface area contributed by atoms with Crippen LogP contribution in [0.3, 0.4) is 0 Å². The van der Waals surface area contributed by atoms with E-state index in [1.54, 1.807) is 19.1 Å². The molecule has 0 radical (unpaired) electrons. The predicted molar refractivity (Wildman–Crippen MR) is 72.7 cm³/mol. The summed E-state index contributed by atoms with van der Waals surface area (Å²) in [6.07, 6.45) is -0.470. The van der Waals surface area contributed by atoms with Crippen molar-refractivity contribution in [2.75, 3.05) is 13.2 Å². The van der Waals surface area contributed by atoms with Crippen LogP contribution in [0.4, 0.5) is 0 Å². The lowest BCUT2D eigenvalue weighted by molar-refractivity contribution is 0.0696. The SMILES string of the molecule is CC(O)C(C)(C)NCCOc1cccc(C(=O)O)c1. The van der Waals surface area contributed by atoms with Crippen LogP contribution in [-0.4, -0.2) is 41.0 Å². The van der Waals surface area contributed by atoms with Crippen molar-refractivity contribution < 1.29 is 19.7 Å². The van der Waals surface area contributed by atoms with Gasteiger partial charge in [0, 0.05) is 12.1 Å². The summed E-state index contributed by atoms with van der Waals surface area (Å²) in [7, 11) is 0. The maximum atomic E-state index is 10.8. The zero-order chi connectivity index (χ0) is 14.5. The molecule has 0 aliphatic heterocycles. The van der Waals surface area contributed by atoms with Crippen LogP contribution in [0.1, 0.15) is 31.1 Å². The third-order valence-electron chi connectivity index (χ3n) is 3.08. The molecule has 0 amide bonds. The van der Waals surface area contributed by atoms with E-state index in [2.05, 4.69) is 5.32 Å². The fraction of sp³-hybridized carbons (Fsp3) is 0.500. The molecule has 0 saturated carbocycles. The van der Waals surface area contributed by atoms with E-state index in [1.807, 2.05) is 13.8 Å². The molecule has 1 atom stereocenters. The Balaban J connectivity index is 2.42. The van der Waals surface area contributed by atoms with E-state index in [-0.39, 0.29) is 11.1 Å². The average Bonchev–Trinajstić information content (AvgIpc) is 2.35. The maximum Gasteiger partial charge on any atom is 0.335 e. The summed E-state index contributed by atoms with van der Waals surface area (Å²) in [5.41, 5.74) is -0.179. The molecule has 5 nitrogen and oxygen atoms in total. The number of carbonyl (C=O) groups is 1. The average molecular weight is 267 g/mol. The Hall–Kier alpha value is -1.59. The van der Waals surface area contributed by atoms with Gasteiger partial charge in [-0.1, -0.05) is 6.07 Å². The van der Waals surface area contributed by atoms with Crippen molar-refractivity contribution >= 4 is 5.97 Å². The second-order valence-corrected chi connectivity index (χ2v) is 5.01. The van der Waals surface area contributed by atoms with Crippen molar-refractivity contribution in [3.05, 3.63) is 29.8 Å².